The summed E-state index contributed by atoms with van der Waals surface area (Å²) in [5.41, 5.74) is 1.97. The SMILES string of the molecule is Cc1cccnc1Cn1c(C)ncc(I)c1=O. The zero-order valence-corrected chi connectivity index (χ0v) is 11.8. The molecule has 0 bridgehead atoms. The predicted molar refractivity (Wildman–Crippen MR) is 74.0 cm³/mol. The van der Waals surface area contributed by atoms with E-state index in [2.05, 4.69) is 9.97 Å². The fraction of sp³-hybridized carbons (Fsp3) is 0.250. The van der Waals surface area contributed by atoms with Gasteiger partial charge in [0, 0.05) is 12.4 Å². The van der Waals surface area contributed by atoms with Crippen molar-refractivity contribution in [1.82, 2.24) is 14.5 Å². The van der Waals surface area contributed by atoms with Gasteiger partial charge in [-0.1, -0.05) is 6.07 Å². The number of nitrogens with zero attached hydrogens (tertiary/aromatic N) is 3. The van der Waals surface area contributed by atoms with Gasteiger partial charge in [-0.25, -0.2) is 4.98 Å². The molecule has 0 saturated carbocycles. The number of hydrogen-bond acceptors (Lipinski definition) is 3. The average molecular weight is 341 g/mol. The Morgan fingerprint density at radius 2 is 2.12 bits per heavy atom. The van der Waals surface area contributed by atoms with E-state index in [9.17, 15) is 4.79 Å². The minimum atomic E-state index is -0.0110. The van der Waals surface area contributed by atoms with Crippen molar-refractivity contribution < 1.29 is 0 Å². The molecule has 0 aliphatic heterocycles. The molecule has 5 heteroatoms. The predicted octanol–water partition coefficient (Wildman–Crippen LogP) is 1.91. The summed E-state index contributed by atoms with van der Waals surface area (Å²) in [6, 6.07) is 3.88. The Hall–Kier alpha value is -1.24. The fourth-order valence-electron chi connectivity index (χ4n) is 1.57. The van der Waals surface area contributed by atoms with E-state index in [1.165, 1.54) is 0 Å². The lowest BCUT2D eigenvalue weighted by atomic mass is 10.2. The molecule has 0 unspecified atom stereocenters. The Bertz CT molecular complexity index is 607. The molecule has 2 heterocycles. The molecule has 2 rings (SSSR count). The second kappa shape index (κ2) is 4.95. The topological polar surface area (TPSA) is 47.8 Å². The van der Waals surface area contributed by atoms with Gasteiger partial charge < -0.3 is 0 Å². The molecule has 0 aliphatic rings. The summed E-state index contributed by atoms with van der Waals surface area (Å²) in [7, 11) is 0. The van der Waals surface area contributed by atoms with E-state index in [0.29, 0.717) is 15.9 Å². The molecule has 0 aromatic carbocycles. The maximum Gasteiger partial charge on any atom is 0.267 e. The van der Waals surface area contributed by atoms with Crippen LogP contribution in [0.2, 0.25) is 0 Å². The third-order valence-electron chi connectivity index (χ3n) is 2.63. The Morgan fingerprint density at radius 1 is 1.35 bits per heavy atom. The Balaban J connectivity index is 2.47. The van der Waals surface area contributed by atoms with E-state index in [-0.39, 0.29) is 5.56 Å². The summed E-state index contributed by atoms with van der Waals surface area (Å²) < 4.78 is 2.28. The summed E-state index contributed by atoms with van der Waals surface area (Å²) in [6.07, 6.45) is 3.34. The Kier molecular flexibility index (Phi) is 3.56. The Labute approximate surface area is 113 Å². The third-order valence-corrected chi connectivity index (χ3v) is 3.37. The van der Waals surface area contributed by atoms with Crippen molar-refractivity contribution in [3.63, 3.8) is 0 Å². The summed E-state index contributed by atoms with van der Waals surface area (Å²) >= 11 is 2.00. The molecule has 2 aromatic rings. The number of aromatic nitrogens is 3. The highest BCUT2D eigenvalue weighted by Gasteiger charge is 2.07. The van der Waals surface area contributed by atoms with E-state index >= 15 is 0 Å². The number of pyridine rings is 1. The van der Waals surface area contributed by atoms with Gasteiger partial charge in [0.25, 0.3) is 5.56 Å². The normalized spacial score (nSPS) is 10.5. The molecule has 0 amide bonds. The van der Waals surface area contributed by atoms with Crippen LogP contribution in [0.3, 0.4) is 0 Å². The smallest absolute Gasteiger partial charge is 0.267 e. The van der Waals surface area contributed by atoms with Crippen molar-refractivity contribution in [2.24, 2.45) is 0 Å². The zero-order chi connectivity index (χ0) is 12.4. The highest BCUT2D eigenvalue weighted by molar-refractivity contribution is 14.1. The summed E-state index contributed by atoms with van der Waals surface area (Å²) in [5.74, 6) is 0.709. The van der Waals surface area contributed by atoms with Crippen molar-refractivity contribution in [3.05, 3.63) is 55.5 Å². The van der Waals surface area contributed by atoms with E-state index in [4.69, 9.17) is 0 Å². The highest BCUT2D eigenvalue weighted by Crippen LogP contribution is 2.06. The number of rotatable bonds is 2. The first-order chi connectivity index (χ1) is 8.09. The number of aryl methyl sites for hydroxylation is 2. The van der Waals surface area contributed by atoms with Crippen LogP contribution in [0.5, 0.6) is 0 Å². The molecule has 17 heavy (non-hydrogen) atoms. The van der Waals surface area contributed by atoms with Crippen LogP contribution in [0.1, 0.15) is 17.1 Å². The van der Waals surface area contributed by atoms with Crippen LogP contribution in [0.4, 0.5) is 0 Å². The molecule has 2 aromatic heterocycles. The van der Waals surface area contributed by atoms with Gasteiger partial charge in [0.05, 0.1) is 15.8 Å². The highest BCUT2D eigenvalue weighted by atomic mass is 127. The van der Waals surface area contributed by atoms with Crippen LogP contribution in [0, 0.1) is 17.4 Å². The van der Waals surface area contributed by atoms with Crippen molar-refractivity contribution in [2.45, 2.75) is 20.4 Å². The maximum absolute atomic E-state index is 12.0. The van der Waals surface area contributed by atoms with Gasteiger partial charge in [-0.2, -0.15) is 0 Å². The van der Waals surface area contributed by atoms with Gasteiger partial charge >= 0.3 is 0 Å². The number of halogens is 1. The monoisotopic (exact) mass is 341 g/mol. The molecule has 0 atom stereocenters. The van der Waals surface area contributed by atoms with Crippen molar-refractivity contribution in [3.8, 4) is 0 Å². The van der Waals surface area contributed by atoms with E-state index in [1.54, 1.807) is 17.0 Å². The van der Waals surface area contributed by atoms with Gasteiger partial charge in [-0.05, 0) is 48.1 Å². The largest absolute Gasteiger partial charge is 0.290 e. The second-order valence-corrected chi connectivity index (χ2v) is 4.97. The first kappa shape index (κ1) is 12.2. The van der Waals surface area contributed by atoms with Gasteiger partial charge in [0.2, 0.25) is 0 Å². The molecule has 0 spiro atoms. The summed E-state index contributed by atoms with van der Waals surface area (Å²) in [5, 5.41) is 0. The van der Waals surface area contributed by atoms with Crippen molar-refractivity contribution >= 4 is 22.6 Å². The van der Waals surface area contributed by atoms with Gasteiger partial charge in [0.15, 0.2) is 0 Å². The third kappa shape index (κ3) is 2.54. The maximum atomic E-state index is 12.0. The van der Waals surface area contributed by atoms with E-state index in [0.717, 1.165) is 11.3 Å². The van der Waals surface area contributed by atoms with E-state index in [1.807, 2.05) is 48.6 Å². The standard InChI is InChI=1S/C12H12IN3O/c1-8-4-3-5-14-11(8)7-16-9(2)15-6-10(13)12(16)17/h3-6H,7H2,1-2H3. The second-order valence-electron chi connectivity index (χ2n) is 3.81. The fourth-order valence-corrected chi connectivity index (χ4v) is 2.00. The Morgan fingerprint density at radius 3 is 2.82 bits per heavy atom. The van der Waals surface area contributed by atoms with E-state index < -0.39 is 0 Å². The first-order valence-electron chi connectivity index (χ1n) is 5.22. The molecular weight excluding hydrogens is 329 g/mol. The van der Waals surface area contributed by atoms with Gasteiger partial charge in [0.1, 0.15) is 5.82 Å². The van der Waals surface area contributed by atoms with Crippen LogP contribution >= 0.6 is 22.6 Å². The molecule has 0 aliphatic carbocycles. The molecule has 0 saturated heterocycles. The van der Waals surface area contributed by atoms with Gasteiger partial charge in [-0.15, -0.1) is 0 Å². The first-order valence-corrected chi connectivity index (χ1v) is 6.30. The molecular formula is C12H12IN3O. The summed E-state index contributed by atoms with van der Waals surface area (Å²) in [6.45, 7) is 4.29. The van der Waals surface area contributed by atoms with Crippen LogP contribution in [0.15, 0.2) is 29.3 Å². The molecule has 0 fully saturated rings. The van der Waals surface area contributed by atoms with Crippen LogP contribution in [-0.4, -0.2) is 14.5 Å². The minimum absolute atomic E-state index is 0.0110. The van der Waals surface area contributed by atoms with Crippen molar-refractivity contribution in [1.29, 1.82) is 0 Å². The quantitative estimate of drug-likeness (QED) is 0.784. The zero-order valence-electron chi connectivity index (χ0n) is 9.64. The molecule has 4 nitrogen and oxygen atoms in total. The molecule has 0 radical (unpaired) electrons. The molecule has 0 N–H and O–H groups in total. The summed E-state index contributed by atoms with van der Waals surface area (Å²) in [4.78, 5) is 20.5. The lowest BCUT2D eigenvalue weighted by Gasteiger charge is -2.10. The number of hydrogen-bond donors (Lipinski definition) is 0. The molecule has 88 valence electrons. The lowest BCUT2D eigenvalue weighted by molar-refractivity contribution is 0.678. The lowest BCUT2D eigenvalue weighted by Crippen LogP contribution is -2.26. The van der Waals surface area contributed by atoms with Crippen molar-refractivity contribution in [2.75, 3.05) is 0 Å². The average Bonchev–Trinajstić information content (AvgIpc) is 2.32. The van der Waals surface area contributed by atoms with Crippen LogP contribution in [-0.2, 0) is 6.54 Å². The van der Waals surface area contributed by atoms with Crippen LogP contribution in [0.25, 0.3) is 0 Å². The minimum Gasteiger partial charge on any atom is -0.290 e. The van der Waals surface area contributed by atoms with Crippen LogP contribution < -0.4 is 5.56 Å². The van der Waals surface area contributed by atoms with Gasteiger partial charge in [-0.3, -0.25) is 14.3 Å².